The molecule has 0 aliphatic carbocycles. The Morgan fingerprint density at radius 2 is 1.91 bits per heavy atom. The number of carbonyl (C=O) groups excluding carboxylic acids is 3. The molecule has 0 unspecified atom stereocenters. The Balaban J connectivity index is 2.75. The highest BCUT2D eigenvalue weighted by Crippen LogP contribution is 2.13. The van der Waals surface area contributed by atoms with E-state index in [1.165, 1.54) is 31.2 Å². The fraction of sp³-hybridized carbons (Fsp3) is 0.333. The van der Waals surface area contributed by atoms with Crippen LogP contribution in [0.3, 0.4) is 0 Å². The number of amides is 2. The van der Waals surface area contributed by atoms with Gasteiger partial charge in [0.2, 0.25) is 5.91 Å². The van der Waals surface area contributed by atoms with Crippen LogP contribution in [0.5, 0.6) is 5.75 Å². The van der Waals surface area contributed by atoms with Gasteiger partial charge in [0.25, 0.3) is 5.91 Å². The zero-order chi connectivity index (χ0) is 16.7. The van der Waals surface area contributed by atoms with E-state index >= 15 is 0 Å². The van der Waals surface area contributed by atoms with Crippen LogP contribution in [-0.2, 0) is 9.59 Å². The van der Waals surface area contributed by atoms with E-state index in [0.29, 0.717) is 5.75 Å². The summed E-state index contributed by atoms with van der Waals surface area (Å²) < 4.78 is 4.85. The van der Waals surface area contributed by atoms with E-state index in [9.17, 15) is 14.4 Å². The second kappa shape index (κ2) is 7.78. The second-order valence-electron chi connectivity index (χ2n) is 4.81. The normalized spacial score (nSPS) is 12.6. The maximum atomic E-state index is 12.1. The van der Waals surface area contributed by atoms with Crippen LogP contribution in [0.1, 0.15) is 30.6 Å². The molecule has 0 aliphatic heterocycles. The van der Waals surface area contributed by atoms with Gasteiger partial charge in [-0.25, -0.2) is 0 Å². The first kappa shape index (κ1) is 17.2. The number of esters is 1. The predicted molar refractivity (Wildman–Crippen MR) is 77.6 cm³/mol. The molecule has 3 N–H and O–H groups in total. The Bertz CT molecular complexity index is 604. The molecule has 1 aromatic carbocycles. The molecule has 0 aromatic heterocycles. The van der Waals surface area contributed by atoms with E-state index in [2.05, 4.69) is 5.32 Å². The van der Waals surface area contributed by atoms with Crippen molar-refractivity contribution in [3.8, 4) is 11.8 Å². The SMILES string of the molecule is CC(=O)Oc1ccc(C(=O)N[C@@H](C[C@H](C)C#N)C(N)=O)cc1. The fourth-order valence-corrected chi connectivity index (χ4v) is 1.73. The molecular weight excluding hydrogens is 286 g/mol. The molecule has 1 aromatic rings. The third-order valence-corrected chi connectivity index (χ3v) is 2.84. The summed E-state index contributed by atoms with van der Waals surface area (Å²) in [7, 11) is 0. The molecule has 0 bridgehead atoms. The largest absolute Gasteiger partial charge is 0.427 e. The van der Waals surface area contributed by atoms with E-state index in [1.807, 2.05) is 6.07 Å². The van der Waals surface area contributed by atoms with Crippen LogP contribution < -0.4 is 15.8 Å². The van der Waals surface area contributed by atoms with Gasteiger partial charge in [-0.15, -0.1) is 0 Å². The maximum Gasteiger partial charge on any atom is 0.308 e. The van der Waals surface area contributed by atoms with E-state index in [0.717, 1.165) is 0 Å². The Hall–Kier alpha value is -2.88. The van der Waals surface area contributed by atoms with Gasteiger partial charge < -0.3 is 15.8 Å². The molecule has 0 heterocycles. The van der Waals surface area contributed by atoms with Gasteiger partial charge >= 0.3 is 5.97 Å². The zero-order valence-corrected chi connectivity index (χ0v) is 12.3. The molecule has 0 saturated heterocycles. The van der Waals surface area contributed by atoms with Crippen molar-refractivity contribution in [1.82, 2.24) is 5.32 Å². The molecular formula is C15H17N3O4. The number of nitrogens with one attached hydrogen (secondary N) is 1. The number of nitrogens with zero attached hydrogens (tertiary/aromatic N) is 1. The lowest BCUT2D eigenvalue weighted by Gasteiger charge is -2.16. The smallest absolute Gasteiger partial charge is 0.308 e. The van der Waals surface area contributed by atoms with Crippen LogP contribution >= 0.6 is 0 Å². The minimum Gasteiger partial charge on any atom is -0.427 e. The van der Waals surface area contributed by atoms with Gasteiger partial charge in [0.05, 0.1) is 6.07 Å². The molecule has 0 aliphatic rings. The summed E-state index contributed by atoms with van der Waals surface area (Å²) in [6.07, 6.45) is 0.142. The van der Waals surface area contributed by atoms with Crippen molar-refractivity contribution in [1.29, 1.82) is 5.26 Å². The van der Waals surface area contributed by atoms with Crippen molar-refractivity contribution in [3.63, 3.8) is 0 Å². The quantitative estimate of drug-likeness (QED) is 0.593. The summed E-state index contributed by atoms with van der Waals surface area (Å²) in [5, 5.41) is 11.2. The first-order valence-corrected chi connectivity index (χ1v) is 6.61. The highest BCUT2D eigenvalue weighted by Gasteiger charge is 2.21. The summed E-state index contributed by atoms with van der Waals surface area (Å²) in [4.78, 5) is 34.2. The molecule has 22 heavy (non-hydrogen) atoms. The lowest BCUT2D eigenvalue weighted by atomic mass is 10.0. The number of hydrogen-bond donors (Lipinski definition) is 2. The lowest BCUT2D eigenvalue weighted by Crippen LogP contribution is -2.45. The van der Waals surface area contributed by atoms with Crippen molar-refractivity contribution in [2.24, 2.45) is 11.7 Å². The van der Waals surface area contributed by atoms with E-state index in [-0.39, 0.29) is 12.0 Å². The number of carbonyl (C=O) groups is 3. The van der Waals surface area contributed by atoms with Crippen molar-refractivity contribution >= 4 is 17.8 Å². The number of nitrogens with two attached hydrogens (primary N) is 1. The molecule has 1 rings (SSSR count). The van der Waals surface area contributed by atoms with Crippen molar-refractivity contribution in [2.75, 3.05) is 0 Å². The summed E-state index contributed by atoms with van der Waals surface area (Å²) in [5.74, 6) is -1.76. The van der Waals surface area contributed by atoms with Gasteiger partial charge in [-0.05, 0) is 37.6 Å². The second-order valence-corrected chi connectivity index (χ2v) is 4.81. The summed E-state index contributed by atoms with van der Waals surface area (Å²) in [6.45, 7) is 2.91. The van der Waals surface area contributed by atoms with Crippen LogP contribution in [0.4, 0.5) is 0 Å². The highest BCUT2D eigenvalue weighted by molar-refractivity contribution is 5.97. The predicted octanol–water partition coefficient (Wildman–Crippen LogP) is 0.745. The van der Waals surface area contributed by atoms with Gasteiger partial charge in [0, 0.05) is 18.4 Å². The number of ether oxygens (including phenoxy) is 1. The fourth-order valence-electron chi connectivity index (χ4n) is 1.73. The highest BCUT2D eigenvalue weighted by atomic mass is 16.5. The minimum absolute atomic E-state index is 0.142. The first-order valence-electron chi connectivity index (χ1n) is 6.61. The van der Waals surface area contributed by atoms with Gasteiger partial charge in [-0.3, -0.25) is 14.4 Å². The maximum absolute atomic E-state index is 12.1. The van der Waals surface area contributed by atoms with Crippen LogP contribution in [0.15, 0.2) is 24.3 Å². The molecule has 0 spiro atoms. The van der Waals surface area contributed by atoms with Gasteiger partial charge in [0.15, 0.2) is 0 Å². The number of rotatable bonds is 6. The average molecular weight is 303 g/mol. The number of benzene rings is 1. The summed E-state index contributed by atoms with van der Waals surface area (Å²) in [5.41, 5.74) is 5.51. The van der Waals surface area contributed by atoms with Gasteiger partial charge in [0.1, 0.15) is 11.8 Å². The van der Waals surface area contributed by atoms with Gasteiger partial charge in [-0.2, -0.15) is 5.26 Å². The van der Waals surface area contributed by atoms with E-state index < -0.39 is 29.7 Å². The Morgan fingerprint density at radius 3 is 2.36 bits per heavy atom. The third-order valence-electron chi connectivity index (χ3n) is 2.84. The molecule has 2 amide bonds. The molecule has 0 saturated carbocycles. The molecule has 7 heteroatoms. The standard InChI is InChI=1S/C15H17N3O4/c1-9(8-16)7-13(14(17)20)18-15(21)11-3-5-12(6-4-11)22-10(2)19/h3-6,9,13H,7H2,1-2H3,(H2,17,20)(H,18,21)/t9-,13-/m0/s1. The minimum atomic E-state index is -0.921. The number of hydrogen-bond acceptors (Lipinski definition) is 5. The topological polar surface area (TPSA) is 122 Å². The monoisotopic (exact) mass is 303 g/mol. The Labute approximate surface area is 128 Å². The van der Waals surface area contributed by atoms with Crippen molar-refractivity contribution in [2.45, 2.75) is 26.3 Å². The lowest BCUT2D eigenvalue weighted by molar-refractivity contribution is -0.131. The molecule has 116 valence electrons. The average Bonchev–Trinajstić information content (AvgIpc) is 2.46. The molecule has 0 radical (unpaired) electrons. The van der Waals surface area contributed by atoms with E-state index in [1.54, 1.807) is 6.92 Å². The first-order chi connectivity index (χ1) is 10.3. The number of primary amides is 1. The van der Waals surface area contributed by atoms with Crippen LogP contribution in [0.25, 0.3) is 0 Å². The van der Waals surface area contributed by atoms with Crippen molar-refractivity contribution < 1.29 is 19.1 Å². The van der Waals surface area contributed by atoms with Crippen molar-refractivity contribution in [3.05, 3.63) is 29.8 Å². The summed E-state index contributed by atoms with van der Waals surface area (Å²) >= 11 is 0. The molecule has 0 fully saturated rings. The van der Waals surface area contributed by atoms with Crippen LogP contribution in [-0.4, -0.2) is 23.8 Å². The molecule has 2 atom stereocenters. The van der Waals surface area contributed by atoms with Crippen LogP contribution in [0, 0.1) is 17.2 Å². The summed E-state index contributed by atoms with van der Waals surface area (Å²) in [6, 6.07) is 6.91. The van der Waals surface area contributed by atoms with Crippen LogP contribution in [0.2, 0.25) is 0 Å². The molecule has 7 nitrogen and oxygen atoms in total. The number of nitriles is 1. The Morgan fingerprint density at radius 1 is 1.32 bits per heavy atom. The zero-order valence-electron chi connectivity index (χ0n) is 12.3. The van der Waals surface area contributed by atoms with Gasteiger partial charge in [-0.1, -0.05) is 0 Å². The third kappa shape index (κ3) is 5.25. The Kier molecular flexibility index (Phi) is 6.08. The van der Waals surface area contributed by atoms with E-state index in [4.69, 9.17) is 15.7 Å².